The number of para-hydroxylation sites is 2. The fourth-order valence-corrected chi connectivity index (χ4v) is 2.15. The van der Waals surface area contributed by atoms with Crippen molar-refractivity contribution < 1.29 is 24.2 Å². The van der Waals surface area contributed by atoms with Gasteiger partial charge in [-0.3, -0.25) is 14.9 Å². The van der Waals surface area contributed by atoms with Crippen LogP contribution < -0.4 is 14.8 Å². The SMILES string of the molecule is CC1Oc2ccccc2OC1C(=O)Nc1ncn(CC(=O)O)n1. The summed E-state index contributed by atoms with van der Waals surface area (Å²) in [6.07, 6.45) is -0.136. The molecule has 0 spiro atoms. The highest BCUT2D eigenvalue weighted by atomic mass is 16.6. The summed E-state index contributed by atoms with van der Waals surface area (Å²) in [5.41, 5.74) is 0. The summed E-state index contributed by atoms with van der Waals surface area (Å²) >= 11 is 0. The number of ether oxygens (including phenoxy) is 2. The first kappa shape index (κ1) is 14.8. The molecule has 2 aromatic rings. The molecule has 1 aliphatic rings. The number of hydrogen-bond donors (Lipinski definition) is 2. The van der Waals surface area contributed by atoms with Gasteiger partial charge in [0, 0.05) is 0 Å². The van der Waals surface area contributed by atoms with Crippen LogP contribution in [0.3, 0.4) is 0 Å². The van der Waals surface area contributed by atoms with E-state index < -0.39 is 24.1 Å². The zero-order chi connectivity index (χ0) is 16.4. The first-order valence-corrected chi connectivity index (χ1v) is 6.87. The van der Waals surface area contributed by atoms with Crippen molar-refractivity contribution in [2.24, 2.45) is 0 Å². The molecule has 0 fully saturated rings. The number of fused-ring (bicyclic) bond motifs is 1. The van der Waals surface area contributed by atoms with Gasteiger partial charge in [-0.2, -0.15) is 0 Å². The molecular weight excluding hydrogens is 304 g/mol. The van der Waals surface area contributed by atoms with Crippen LogP contribution in [0.4, 0.5) is 5.95 Å². The normalized spacial score (nSPS) is 19.2. The predicted octanol–water partition coefficient (Wildman–Crippen LogP) is 0.530. The highest BCUT2D eigenvalue weighted by Crippen LogP contribution is 2.33. The smallest absolute Gasteiger partial charge is 0.325 e. The topological polar surface area (TPSA) is 116 Å². The minimum Gasteiger partial charge on any atom is -0.482 e. The number of nitrogens with one attached hydrogen (secondary N) is 1. The van der Waals surface area contributed by atoms with Gasteiger partial charge < -0.3 is 14.6 Å². The minimum atomic E-state index is -1.05. The minimum absolute atomic E-state index is 0.00547. The Hall–Kier alpha value is -3.10. The molecule has 120 valence electrons. The molecule has 2 N–H and O–H groups in total. The van der Waals surface area contributed by atoms with Gasteiger partial charge in [0.2, 0.25) is 12.1 Å². The number of amides is 1. The molecular formula is C14H14N4O5. The van der Waals surface area contributed by atoms with Crippen LogP contribution in [-0.2, 0) is 16.1 Å². The fourth-order valence-electron chi connectivity index (χ4n) is 2.15. The standard InChI is InChI=1S/C14H14N4O5/c1-8-12(23-10-5-3-2-4-9(10)22-8)13(21)16-14-15-7-18(17-14)6-11(19)20/h2-5,7-8,12H,6H2,1H3,(H,19,20)(H,16,17,21). The van der Waals surface area contributed by atoms with E-state index in [2.05, 4.69) is 15.4 Å². The Balaban J connectivity index is 1.69. The largest absolute Gasteiger partial charge is 0.482 e. The Bertz CT molecular complexity index is 744. The Morgan fingerprint density at radius 2 is 2.00 bits per heavy atom. The van der Waals surface area contributed by atoms with Gasteiger partial charge in [-0.05, 0) is 19.1 Å². The highest BCUT2D eigenvalue weighted by Gasteiger charge is 2.34. The Morgan fingerprint density at radius 3 is 2.70 bits per heavy atom. The van der Waals surface area contributed by atoms with Crippen LogP contribution in [0.15, 0.2) is 30.6 Å². The van der Waals surface area contributed by atoms with Crippen molar-refractivity contribution >= 4 is 17.8 Å². The number of carboxylic acids is 1. The molecule has 23 heavy (non-hydrogen) atoms. The van der Waals surface area contributed by atoms with Gasteiger partial charge in [0.1, 0.15) is 19.0 Å². The zero-order valence-corrected chi connectivity index (χ0v) is 12.2. The summed E-state index contributed by atoms with van der Waals surface area (Å²) in [6, 6.07) is 7.06. The molecule has 2 heterocycles. The van der Waals surface area contributed by atoms with Crippen LogP contribution >= 0.6 is 0 Å². The third-order valence-corrected chi connectivity index (χ3v) is 3.17. The lowest BCUT2D eigenvalue weighted by atomic mass is 10.1. The number of anilines is 1. The van der Waals surface area contributed by atoms with Crippen molar-refractivity contribution in [3.05, 3.63) is 30.6 Å². The first-order valence-electron chi connectivity index (χ1n) is 6.87. The number of carbonyl (C=O) groups excluding carboxylic acids is 1. The van der Waals surface area contributed by atoms with Gasteiger partial charge in [-0.25, -0.2) is 9.67 Å². The number of hydrogen-bond acceptors (Lipinski definition) is 6. The van der Waals surface area contributed by atoms with Crippen molar-refractivity contribution in [3.8, 4) is 11.5 Å². The lowest BCUT2D eigenvalue weighted by Crippen LogP contribution is -2.46. The van der Waals surface area contributed by atoms with E-state index in [9.17, 15) is 9.59 Å². The van der Waals surface area contributed by atoms with E-state index in [4.69, 9.17) is 14.6 Å². The molecule has 2 unspecified atom stereocenters. The summed E-state index contributed by atoms with van der Waals surface area (Å²) in [5.74, 6) is -0.462. The van der Waals surface area contributed by atoms with E-state index in [1.165, 1.54) is 6.33 Å². The summed E-state index contributed by atoms with van der Waals surface area (Å²) in [7, 11) is 0. The molecule has 0 saturated heterocycles. The van der Waals surface area contributed by atoms with E-state index in [1.54, 1.807) is 25.1 Å². The second-order valence-corrected chi connectivity index (χ2v) is 4.96. The first-order chi connectivity index (χ1) is 11.0. The van der Waals surface area contributed by atoms with Crippen molar-refractivity contribution in [1.82, 2.24) is 14.8 Å². The summed E-state index contributed by atoms with van der Waals surface area (Å²) < 4.78 is 12.4. The molecule has 0 bridgehead atoms. The number of aromatic nitrogens is 3. The number of aliphatic carboxylic acids is 1. The van der Waals surface area contributed by atoms with E-state index in [1.807, 2.05) is 6.07 Å². The number of nitrogens with zero attached hydrogens (tertiary/aromatic N) is 3. The Labute approximate surface area is 130 Å². The number of rotatable bonds is 4. The van der Waals surface area contributed by atoms with Crippen molar-refractivity contribution in [3.63, 3.8) is 0 Å². The van der Waals surface area contributed by atoms with Gasteiger partial charge in [0.25, 0.3) is 5.91 Å². The van der Waals surface area contributed by atoms with Crippen molar-refractivity contribution in [2.45, 2.75) is 25.7 Å². The van der Waals surface area contributed by atoms with E-state index in [0.717, 1.165) is 4.68 Å². The van der Waals surface area contributed by atoms with Crippen LogP contribution in [0.25, 0.3) is 0 Å². The molecule has 3 rings (SSSR count). The van der Waals surface area contributed by atoms with Gasteiger partial charge in [0.15, 0.2) is 11.5 Å². The monoisotopic (exact) mass is 318 g/mol. The van der Waals surface area contributed by atoms with Crippen LogP contribution in [0.2, 0.25) is 0 Å². The van der Waals surface area contributed by atoms with Crippen molar-refractivity contribution in [1.29, 1.82) is 0 Å². The molecule has 0 radical (unpaired) electrons. The third-order valence-electron chi connectivity index (χ3n) is 3.17. The molecule has 1 amide bonds. The maximum absolute atomic E-state index is 12.3. The summed E-state index contributed by atoms with van der Waals surface area (Å²) in [4.78, 5) is 26.7. The Morgan fingerprint density at radius 1 is 1.30 bits per heavy atom. The average Bonchev–Trinajstić information content (AvgIpc) is 2.92. The lowest BCUT2D eigenvalue weighted by Gasteiger charge is -2.30. The maximum Gasteiger partial charge on any atom is 0.325 e. The molecule has 9 nitrogen and oxygen atoms in total. The average molecular weight is 318 g/mol. The number of carboxylic acid groups (broad SMARTS) is 1. The molecule has 1 aromatic heterocycles. The molecule has 9 heteroatoms. The molecule has 0 saturated carbocycles. The zero-order valence-electron chi connectivity index (χ0n) is 12.2. The summed E-state index contributed by atoms with van der Waals surface area (Å²) in [5, 5.41) is 15.0. The van der Waals surface area contributed by atoms with Crippen LogP contribution in [0.5, 0.6) is 11.5 Å². The lowest BCUT2D eigenvalue weighted by molar-refractivity contribution is -0.137. The van der Waals surface area contributed by atoms with Crippen LogP contribution in [0, 0.1) is 0 Å². The van der Waals surface area contributed by atoms with Crippen LogP contribution in [-0.4, -0.2) is 44.0 Å². The van der Waals surface area contributed by atoms with Crippen LogP contribution in [0.1, 0.15) is 6.92 Å². The van der Waals surface area contributed by atoms with Gasteiger partial charge in [0.05, 0.1) is 0 Å². The van der Waals surface area contributed by atoms with E-state index >= 15 is 0 Å². The molecule has 1 aromatic carbocycles. The van der Waals surface area contributed by atoms with Gasteiger partial charge in [-0.1, -0.05) is 12.1 Å². The maximum atomic E-state index is 12.3. The quantitative estimate of drug-likeness (QED) is 0.844. The Kier molecular flexibility index (Phi) is 3.83. The third kappa shape index (κ3) is 3.23. The van der Waals surface area contributed by atoms with Gasteiger partial charge in [-0.15, -0.1) is 5.10 Å². The molecule has 2 atom stereocenters. The van der Waals surface area contributed by atoms with E-state index in [0.29, 0.717) is 11.5 Å². The molecule has 0 aliphatic carbocycles. The number of carbonyl (C=O) groups is 2. The van der Waals surface area contributed by atoms with E-state index in [-0.39, 0.29) is 12.5 Å². The predicted molar refractivity (Wildman–Crippen MR) is 77.2 cm³/mol. The fraction of sp³-hybridized carbons (Fsp3) is 0.286. The highest BCUT2D eigenvalue weighted by molar-refractivity contribution is 5.93. The van der Waals surface area contributed by atoms with Crippen molar-refractivity contribution in [2.75, 3.05) is 5.32 Å². The second kappa shape index (κ2) is 5.95. The summed E-state index contributed by atoms with van der Waals surface area (Å²) in [6.45, 7) is 1.38. The molecule has 1 aliphatic heterocycles. The second-order valence-electron chi connectivity index (χ2n) is 4.96. The van der Waals surface area contributed by atoms with Gasteiger partial charge >= 0.3 is 5.97 Å². The number of benzene rings is 1.